The van der Waals surface area contributed by atoms with Crippen LogP contribution < -0.4 is 5.73 Å². The van der Waals surface area contributed by atoms with E-state index in [-0.39, 0.29) is 23.1 Å². The molecule has 0 spiro atoms. The molecule has 2 nitrogen and oxygen atoms in total. The second kappa shape index (κ2) is 5.32. The highest BCUT2D eigenvalue weighted by molar-refractivity contribution is 7.84. The second-order valence-corrected chi connectivity index (χ2v) is 5.16. The van der Waals surface area contributed by atoms with Gasteiger partial charge in [-0.3, -0.25) is 4.21 Å². The Morgan fingerprint density at radius 2 is 2.13 bits per heavy atom. The van der Waals surface area contributed by atoms with E-state index in [4.69, 9.17) is 5.73 Å². The van der Waals surface area contributed by atoms with Crippen molar-refractivity contribution in [3.63, 3.8) is 0 Å². The molecule has 5 heteroatoms. The van der Waals surface area contributed by atoms with Gasteiger partial charge in [0.1, 0.15) is 11.6 Å². The minimum atomic E-state index is -1.22. The quantitative estimate of drug-likeness (QED) is 0.857. The van der Waals surface area contributed by atoms with E-state index in [0.29, 0.717) is 0 Å². The molecule has 2 atom stereocenters. The minimum Gasteiger partial charge on any atom is -0.329 e. The summed E-state index contributed by atoms with van der Waals surface area (Å²) in [5.41, 5.74) is 5.60. The Morgan fingerprint density at radius 1 is 1.47 bits per heavy atom. The molecule has 0 amide bonds. The number of hydrogen-bond acceptors (Lipinski definition) is 2. The van der Waals surface area contributed by atoms with Crippen molar-refractivity contribution in [2.45, 2.75) is 17.9 Å². The van der Waals surface area contributed by atoms with Gasteiger partial charge in [0.15, 0.2) is 0 Å². The highest BCUT2D eigenvalue weighted by atomic mass is 32.2. The van der Waals surface area contributed by atoms with Gasteiger partial charge in [-0.05, 0) is 13.0 Å². The standard InChI is InChI=1S/C10H13F2NOS/c1-7(5-13)15(14)6-8-2-3-9(11)4-10(8)12/h2-4,7H,5-6,13H2,1H3. The zero-order chi connectivity index (χ0) is 11.4. The molecule has 1 aromatic rings. The van der Waals surface area contributed by atoms with Crippen LogP contribution >= 0.6 is 0 Å². The van der Waals surface area contributed by atoms with Gasteiger partial charge in [0.2, 0.25) is 0 Å². The Labute approximate surface area is 89.9 Å². The van der Waals surface area contributed by atoms with Crippen LogP contribution in [0.1, 0.15) is 12.5 Å². The Kier molecular flexibility index (Phi) is 4.35. The second-order valence-electron chi connectivity index (χ2n) is 3.31. The lowest BCUT2D eigenvalue weighted by Gasteiger charge is -2.09. The molecule has 0 aromatic heterocycles. The zero-order valence-corrected chi connectivity index (χ0v) is 9.19. The van der Waals surface area contributed by atoms with Crippen LogP contribution in [-0.4, -0.2) is 16.0 Å². The molecule has 0 saturated heterocycles. The normalized spacial score (nSPS) is 14.9. The lowest BCUT2D eigenvalue weighted by Crippen LogP contribution is -2.23. The van der Waals surface area contributed by atoms with E-state index in [1.807, 2.05) is 0 Å². The monoisotopic (exact) mass is 233 g/mol. The Balaban J connectivity index is 2.77. The maximum atomic E-state index is 13.2. The first-order chi connectivity index (χ1) is 7.04. The highest BCUT2D eigenvalue weighted by Crippen LogP contribution is 2.13. The van der Waals surface area contributed by atoms with E-state index in [0.717, 1.165) is 12.1 Å². The molecular formula is C10H13F2NOS. The van der Waals surface area contributed by atoms with E-state index in [1.54, 1.807) is 6.92 Å². The largest absolute Gasteiger partial charge is 0.329 e. The van der Waals surface area contributed by atoms with Gasteiger partial charge in [-0.15, -0.1) is 0 Å². The van der Waals surface area contributed by atoms with Crippen molar-refractivity contribution in [3.8, 4) is 0 Å². The van der Waals surface area contributed by atoms with Crippen LogP contribution in [0.3, 0.4) is 0 Å². The van der Waals surface area contributed by atoms with Gasteiger partial charge in [0.05, 0.1) is 5.75 Å². The van der Waals surface area contributed by atoms with Crippen LogP contribution in [-0.2, 0) is 16.6 Å². The first-order valence-electron chi connectivity index (χ1n) is 4.55. The number of hydrogen-bond donors (Lipinski definition) is 1. The highest BCUT2D eigenvalue weighted by Gasteiger charge is 2.12. The lowest BCUT2D eigenvalue weighted by molar-refractivity contribution is 0.575. The van der Waals surface area contributed by atoms with Crippen LogP contribution in [0, 0.1) is 11.6 Å². The van der Waals surface area contributed by atoms with Crippen molar-refractivity contribution >= 4 is 10.8 Å². The molecular weight excluding hydrogens is 220 g/mol. The summed E-state index contributed by atoms with van der Waals surface area (Å²) in [6, 6.07) is 3.26. The van der Waals surface area contributed by atoms with Crippen LogP contribution in [0.25, 0.3) is 0 Å². The SMILES string of the molecule is CC(CN)S(=O)Cc1ccc(F)cc1F. The van der Waals surface area contributed by atoms with E-state index in [9.17, 15) is 13.0 Å². The van der Waals surface area contributed by atoms with Gasteiger partial charge < -0.3 is 5.73 Å². The van der Waals surface area contributed by atoms with Gasteiger partial charge in [0.25, 0.3) is 0 Å². The van der Waals surface area contributed by atoms with Crippen molar-refractivity contribution in [1.29, 1.82) is 0 Å². The van der Waals surface area contributed by atoms with E-state index >= 15 is 0 Å². The summed E-state index contributed by atoms with van der Waals surface area (Å²) >= 11 is 0. The van der Waals surface area contributed by atoms with E-state index in [2.05, 4.69) is 0 Å². The molecule has 2 N–H and O–H groups in total. The van der Waals surface area contributed by atoms with Gasteiger partial charge in [-0.25, -0.2) is 8.78 Å². The predicted molar refractivity (Wildman–Crippen MR) is 56.7 cm³/mol. The molecule has 0 aliphatic carbocycles. The van der Waals surface area contributed by atoms with Crippen molar-refractivity contribution in [2.24, 2.45) is 5.73 Å². The Bertz CT molecular complexity index is 370. The molecule has 1 rings (SSSR count). The third-order valence-corrected chi connectivity index (χ3v) is 3.78. The molecule has 0 fully saturated rings. The zero-order valence-electron chi connectivity index (χ0n) is 8.37. The Hall–Kier alpha value is -0.810. The summed E-state index contributed by atoms with van der Waals surface area (Å²) in [6.45, 7) is 2.02. The number of rotatable bonds is 4. The molecule has 0 aliphatic rings. The summed E-state index contributed by atoms with van der Waals surface area (Å²) < 4.78 is 37.3. The van der Waals surface area contributed by atoms with Crippen molar-refractivity contribution in [3.05, 3.63) is 35.4 Å². The third-order valence-electron chi connectivity index (χ3n) is 2.09. The average Bonchev–Trinajstić information content (AvgIpc) is 2.20. The fourth-order valence-corrected chi connectivity index (χ4v) is 2.08. The molecule has 0 heterocycles. The maximum Gasteiger partial charge on any atom is 0.130 e. The number of nitrogens with two attached hydrogens (primary N) is 1. The van der Waals surface area contributed by atoms with Gasteiger partial charge >= 0.3 is 0 Å². The van der Waals surface area contributed by atoms with Gasteiger partial charge in [0, 0.05) is 34.2 Å². The maximum absolute atomic E-state index is 13.2. The van der Waals surface area contributed by atoms with Gasteiger partial charge in [-0.2, -0.15) is 0 Å². The summed E-state index contributed by atoms with van der Waals surface area (Å²) in [5, 5.41) is -0.186. The summed E-state index contributed by atoms with van der Waals surface area (Å²) in [7, 11) is -1.22. The molecule has 0 radical (unpaired) electrons. The summed E-state index contributed by atoms with van der Waals surface area (Å²) in [4.78, 5) is 0. The van der Waals surface area contributed by atoms with Crippen LogP contribution in [0.15, 0.2) is 18.2 Å². The van der Waals surface area contributed by atoms with Crippen LogP contribution in [0.2, 0.25) is 0 Å². The lowest BCUT2D eigenvalue weighted by atomic mass is 10.2. The molecule has 0 bridgehead atoms. The molecule has 0 aliphatic heterocycles. The Morgan fingerprint density at radius 3 is 2.67 bits per heavy atom. The molecule has 0 saturated carbocycles. The molecule has 15 heavy (non-hydrogen) atoms. The van der Waals surface area contributed by atoms with Gasteiger partial charge in [-0.1, -0.05) is 6.07 Å². The third kappa shape index (κ3) is 3.35. The van der Waals surface area contributed by atoms with E-state index in [1.165, 1.54) is 6.07 Å². The first kappa shape index (κ1) is 12.3. The number of halogens is 2. The average molecular weight is 233 g/mol. The van der Waals surface area contributed by atoms with Crippen LogP contribution in [0.5, 0.6) is 0 Å². The fraction of sp³-hybridized carbons (Fsp3) is 0.400. The molecule has 2 unspecified atom stereocenters. The van der Waals surface area contributed by atoms with Crippen molar-refractivity contribution < 1.29 is 13.0 Å². The smallest absolute Gasteiger partial charge is 0.130 e. The van der Waals surface area contributed by atoms with Crippen LogP contribution in [0.4, 0.5) is 8.78 Å². The number of benzene rings is 1. The predicted octanol–water partition coefficient (Wildman–Crippen LogP) is 1.56. The summed E-state index contributed by atoms with van der Waals surface area (Å²) in [5.74, 6) is -1.22. The van der Waals surface area contributed by atoms with Crippen molar-refractivity contribution in [1.82, 2.24) is 0 Å². The van der Waals surface area contributed by atoms with E-state index < -0.39 is 22.4 Å². The molecule has 84 valence electrons. The topological polar surface area (TPSA) is 43.1 Å². The molecule has 1 aromatic carbocycles. The summed E-state index contributed by atoms with van der Waals surface area (Å²) in [6.07, 6.45) is 0. The fourth-order valence-electron chi connectivity index (χ4n) is 1.04. The minimum absolute atomic E-state index is 0.0739. The first-order valence-corrected chi connectivity index (χ1v) is 5.94. The van der Waals surface area contributed by atoms with Crippen molar-refractivity contribution in [2.75, 3.05) is 6.54 Å².